The Labute approximate surface area is 153 Å². The molecule has 0 bridgehead atoms. The number of nitrogens with zero attached hydrogens (tertiary/aromatic N) is 1. The Morgan fingerprint density at radius 2 is 1.92 bits per heavy atom. The number of rotatable bonds is 3. The largest absolute Gasteiger partial charge is 0.506 e. The first kappa shape index (κ1) is 18.3. The fraction of sp³-hybridized carbons (Fsp3) is 0.632. The van der Waals surface area contributed by atoms with Crippen LogP contribution in [0.15, 0.2) is 18.2 Å². The predicted molar refractivity (Wildman–Crippen MR) is 95.7 cm³/mol. The molecule has 3 rings (SSSR count). The van der Waals surface area contributed by atoms with Crippen molar-refractivity contribution >= 4 is 17.7 Å². The minimum Gasteiger partial charge on any atom is -0.506 e. The molecule has 0 aromatic heterocycles. The van der Waals surface area contributed by atoms with Crippen LogP contribution in [0.3, 0.4) is 0 Å². The molecule has 5 nitrogen and oxygen atoms in total. The van der Waals surface area contributed by atoms with Crippen LogP contribution < -0.4 is 0 Å². The lowest BCUT2D eigenvalue weighted by atomic mass is 10.0. The highest BCUT2D eigenvalue weighted by Crippen LogP contribution is 2.40. The lowest BCUT2D eigenvalue weighted by Gasteiger charge is -2.25. The lowest BCUT2D eigenvalue weighted by molar-refractivity contribution is 0.0205. The molecule has 2 fully saturated rings. The summed E-state index contributed by atoms with van der Waals surface area (Å²) in [5.41, 5.74) is 0.343. The molecule has 6 heteroatoms. The second kappa shape index (κ2) is 7.04. The number of phenolic OH excluding ortho intramolecular Hbond substituents is 1. The van der Waals surface area contributed by atoms with Crippen molar-refractivity contribution in [2.75, 3.05) is 13.1 Å². The molecule has 3 atom stereocenters. The van der Waals surface area contributed by atoms with Gasteiger partial charge in [0, 0.05) is 18.7 Å². The number of carbonyl (C=O) groups is 1. The summed E-state index contributed by atoms with van der Waals surface area (Å²) in [5, 5.41) is 10.0. The van der Waals surface area contributed by atoms with Gasteiger partial charge in [-0.2, -0.15) is 0 Å². The Morgan fingerprint density at radius 3 is 2.52 bits per heavy atom. The van der Waals surface area contributed by atoms with Gasteiger partial charge in [-0.3, -0.25) is 0 Å². The van der Waals surface area contributed by atoms with Crippen LogP contribution in [0.4, 0.5) is 4.79 Å². The van der Waals surface area contributed by atoms with Gasteiger partial charge in [-0.05, 0) is 51.5 Å². The van der Waals surface area contributed by atoms with Crippen molar-refractivity contribution in [2.24, 2.45) is 11.8 Å². The maximum absolute atomic E-state index is 12.2. The Hall–Kier alpha value is -1.46. The van der Waals surface area contributed by atoms with Crippen LogP contribution in [0.1, 0.15) is 39.2 Å². The van der Waals surface area contributed by atoms with E-state index in [4.69, 9.17) is 21.1 Å². The monoisotopic (exact) mass is 367 g/mol. The number of phenols is 1. The van der Waals surface area contributed by atoms with Crippen LogP contribution in [0, 0.1) is 11.8 Å². The van der Waals surface area contributed by atoms with E-state index in [0.29, 0.717) is 23.5 Å². The molecule has 1 heterocycles. The predicted octanol–water partition coefficient (Wildman–Crippen LogP) is 4.21. The van der Waals surface area contributed by atoms with Gasteiger partial charge in [0.2, 0.25) is 0 Å². The van der Waals surface area contributed by atoms with Crippen molar-refractivity contribution in [1.29, 1.82) is 0 Å². The first-order valence-electron chi connectivity index (χ1n) is 8.79. The Kier molecular flexibility index (Phi) is 5.16. The van der Waals surface area contributed by atoms with E-state index in [0.717, 1.165) is 31.5 Å². The molecular formula is C19H26ClNO4. The number of aromatic hydroxyl groups is 1. The summed E-state index contributed by atoms with van der Waals surface area (Å²) in [7, 11) is 0. The van der Waals surface area contributed by atoms with Gasteiger partial charge >= 0.3 is 6.09 Å². The normalized spacial score (nSPS) is 25.9. The van der Waals surface area contributed by atoms with Crippen LogP contribution in [0.5, 0.6) is 5.75 Å². The number of amides is 1. The highest BCUT2D eigenvalue weighted by atomic mass is 35.5. The summed E-state index contributed by atoms with van der Waals surface area (Å²) in [6.45, 7) is 7.54. The van der Waals surface area contributed by atoms with Crippen LogP contribution in [0.2, 0.25) is 5.02 Å². The molecule has 25 heavy (non-hydrogen) atoms. The topological polar surface area (TPSA) is 59.0 Å². The first-order valence-corrected chi connectivity index (χ1v) is 9.16. The van der Waals surface area contributed by atoms with E-state index < -0.39 is 5.60 Å². The minimum atomic E-state index is -0.457. The molecule has 1 aromatic rings. The van der Waals surface area contributed by atoms with Crippen molar-refractivity contribution in [1.82, 2.24) is 4.90 Å². The zero-order valence-corrected chi connectivity index (χ0v) is 15.8. The number of carbonyl (C=O) groups excluding carboxylic acids is 1. The van der Waals surface area contributed by atoms with Crippen molar-refractivity contribution < 1.29 is 19.4 Å². The molecule has 1 saturated heterocycles. The summed E-state index contributed by atoms with van der Waals surface area (Å²) in [4.78, 5) is 14.0. The number of benzene rings is 1. The van der Waals surface area contributed by atoms with E-state index in [1.807, 2.05) is 31.7 Å². The van der Waals surface area contributed by atoms with Gasteiger partial charge in [0.25, 0.3) is 0 Å². The Morgan fingerprint density at radius 1 is 1.28 bits per heavy atom. The number of likely N-dealkylation sites (tertiary alicyclic amines) is 1. The van der Waals surface area contributed by atoms with E-state index in [9.17, 15) is 9.90 Å². The highest BCUT2D eigenvalue weighted by Gasteiger charge is 2.43. The van der Waals surface area contributed by atoms with Crippen LogP contribution in [0.25, 0.3) is 0 Å². The fourth-order valence-corrected chi connectivity index (χ4v) is 3.92. The van der Waals surface area contributed by atoms with Crippen LogP contribution in [-0.2, 0) is 16.1 Å². The maximum Gasteiger partial charge on any atom is 0.410 e. The molecule has 1 aromatic carbocycles. The van der Waals surface area contributed by atoms with Crippen molar-refractivity contribution in [3.8, 4) is 5.75 Å². The van der Waals surface area contributed by atoms with Crippen molar-refractivity contribution in [3.63, 3.8) is 0 Å². The molecular weight excluding hydrogens is 342 g/mol. The van der Waals surface area contributed by atoms with E-state index in [1.54, 1.807) is 12.1 Å². The summed E-state index contributed by atoms with van der Waals surface area (Å²) in [6.07, 6.45) is 1.85. The van der Waals surface area contributed by atoms with E-state index in [2.05, 4.69) is 0 Å². The van der Waals surface area contributed by atoms with Gasteiger partial charge in [-0.25, -0.2) is 4.79 Å². The van der Waals surface area contributed by atoms with Crippen molar-refractivity contribution in [2.45, 2.75) is 51.9 Å². The van der Waals surface area contributed by atoms with E-state index >= 15 is 0 Å². The Bertz CT molecular complexity index is 629. The molecule has 2 aliphatic rings. The van der Waals surface area contributed by atoms with Gasteiger partial charge in [0.05, 0.1) is 17.7 Å². The van der Waals surface area contributed by atoms with Gasteiger partial charge in [-0.15, -0.1) is 0 Å². The third-order valence-corrected chi connectivity index (χ3v) is 5.33. The average Bonchev–Trinajstić information content (AvgIpc) is 3.05. The summed E-state index contributed by atoms with van der Waals surface area (Å²) in [5.74, 6) is 1.02. The van der Waals surface area contributed by atoms with Gasteiger partial charge < -0.3 is 19.5 Å². The molecule has 1 N–H and O–H groups in total. The summed E-state index contributed by atoms with van der Waals surface area (Å²) >= 11 is 6.09. The molecule has 0 radical (unpaired) electrons. The third-order valence-electron chi connectivity index (χ3n) is 4.89. The second-order valence-corrected chi connectivity index (χ2v) is 8.44. The van der Waals surface area contributed by atoms with Gasteiger partial charge in [0.1, 0.15) is 11.4 Å². The minimum absolute atomic E-state index is 0.0825. The summed E-state index contributed by atoms with van der Waals surface area (Å²) < 4.78 is 11.5. The highest BCUT2D eigenvalue weighted by molar-refractivity contribution is 6.32. The third kappa shape index (κ3) is 4.39. The number of hydrogen-bond acceptors (Lipinski definition) is 4. The molecule has 1 amide bonds. The Balaban J connectivity index is 1.48. The second-order valence-electron chi connectivity index (χ2n) is 8.06. The zero-order chi connectivity index (χ0) is 18.2. The van der Waals surface area contributed by atoms with Gasteiger partial charge in [0.15, 0.2) is 0 Å². The smallest absolute Gasteiger partial charge is 0.410 e. The number of hydrogen-bond donors (Lipinski definition) is 1. The maximum atomic E-state index is 12.2. The standard InChI is InChI=1S/C19H26ClNO4/c1-19(2,3)25-18(23)21-9-13-7-15(8-14(13)10-21)24-11-12-5-4-6-16(22)17(12)20/h4-6,13-15,22H,7-11H2,1-3H3/t13-,14+,15+. The van der Waals surface area contributed by atoms with Crippen LogP contribution >= 0.6 is 11.6 Å². The number of ether oxygens (including phenoxy) is 2. The molecule has 1 aliphatic heterocycles. The first-order chi connectivity index (χ1) is 11.7. The zero-order valence-electron chi connectivity index (χ0n) is 15.0. The summed E-state index contributed by atoms with van der Waals surface area (Å²) in [6, 6.07) is 5.20. The number of fused-ring (bicyclic) bond motifs is 1. The van der Waals surface area contributed by atoms with Crippen LogP contribution in [-0.4, -0.2) is 40.9 Å². The molecule has 138 valence electrons. The van der Waals surface area contributed by atoms with Crippen molar-refractivity contribution in [3.05, 3.63) is 28.8 Å². The van der Waals surface area contributed by atoms with E-state index in [1.165, 1.54) is 0 Å². The molecule has 0 unspecified atom stereocenters. The fourth-order valence-electron chi connectivity index (χ4n) is 3.74. The van der Waals surface area contributed by atoms with E-state index in [-0.39, 0.29) is 17.9 Å². The lowest BCUT2D eigenvalue weighted by Crippen LogP contribution is -2.36. The molecule has 1 aliphatic carbocycles. The molecule has 0 spiro atoms. The van der Waals surface area contributed by atoms with Gasteiger partial charge in [-0.1, -0.05) is 23.7 Å². The average molecular weight is 368 g/mol. The number of halogens is 1. The SMILES string of the molecule is CC(C)(C)OC(=O)N1C[C@H]2C[C@H](OCc3cccc(O)c3Cl)C[C@H]2C1. The quantitative estimate of drug-likeness (QED) is 0.869. The molecule has 1 saturated carbocycles.